The average Bonchev–Trinajstić information content (AvgIpc) is 3.01. The van der Waals surface area contributed by atoms with Crippen LogP contribution in [0.3, 0.4) is 0 Å². The highest BCUT2D eigenvalue weighted by Gasteiger charge is 2.28. The van der Waals surface area contributed by atoms with Gasteiger partial charge in [-0.05, 0) is 17.1 Å². The van der Waals surface area contributed by atoms with E-state index < -0.39 is 35.3 Å². The third-order valence-corrected chi connectivity index (χ3v) is 3.01. The van der Waals surface area contributed by atoms with Gasteiger partial charge in [-0.1, -0.05) is 12.1 Å². The Labute approximate surface area is 143 Å². The van der Waals surface area contributed by atoms with Gasteiger partial charge in [-0.2, -0.15) is 17.9 Å². The van der Waals surface area contributed by atoms with Gasteiger partial charge in [0.1, 0.15) is 13.1 Å². The Hall–Kier alpha value is -3.44. The van der Waals surface area contributed by atoms with Crippen molar-refractivity contribution in [1.29, 1.82) is 0 Å². The number of amides is 2. The van der Waals surface area contributed by atoms with Gasteiger partial charge in [0, 0.05) is 0 Å². The van der Waals surface area contributed by atoms with E-state index >= 15 is 0 Å². The number of nitro groups is 1. The van der Waals surface area contributed by atoms with Gasteiger partial charge in [0.25, 0.3) is 5.91 Å². The second kappa shape index (κ2) is 7.63. The number of alkyl halides is 3. The predicted molar refractivity (Wildman–Crippen MR) is 82.3 cm³/mol. The van der Waals surface area contributed by atoms with Crippen molar-refractivity contribution in [2.75, 3.05) is 11.9 Å². The largest absolute Gasteiger partial charge is 0.405 e. The summed E-state index contributed by atoms with van der Waals surface area (Å²) in [5, 5.41) is 18.2. The third kappa shape index (κ3) is 5.29. The van der Waals surface area contributed by atoms with Crippen molar-refractivity contribution in [2.24, 2.45) is 0 Å². The molecule has 26 heavy (non-hydrogen) atoms. The number of halogens is 3. The molecule has 0 fully saturated rings. The van der Waals surface area contributed by atoms with Crippen LogP contribution in [0, 0.1) is 10.1 Å². The van der Waals surface area contributed by atoms with E-state index in [0.29, 0.717) is 0 Å². The Bertz CT molecular complexity index is 834. The molecule has 1 heterocycles. The highest BCUT2D eigenvalue weighted by atomic mass is 19.4. The van der Waals surface area contributed by atoms with Crippen LogP contribution in [0.5, 0.6) is 0 Å². The summed E-state index contributed by atoms with van der Waals surface area (Å²) < 4.78 is 37.6. The zero-order valence-corrected chi connectivity index (χ0v) is 13.0. The maximum absolute atomic E-state index is 12.2. The summed E-state index contributed by atoms with van der Waals surface area (Å²) >= 11 is 0. The van der Waals surface area contributed by atoms with Crippen molar-refractivity contribution in [3.05, 3.63) is 52.2 Å². The molecule has 0 aliphatic carbocycles. The molecule has 2 N–H and O–H groups in total. The highest BCUT2D eigenvalue weighted by molar-refractivity contribution is 6.03. The number of rotatable bonds is 6. The molecule has 0 radical (unpaired) electrons. The van der Waals surface area contributed by atoms with E-state index in [9.17, 15) is 32.9 Å². The number of hydrogen-bond acceptors (Lipinski definition) is 5. The van der Waals surface area contributed by atoms with E-state index in [4.69, 9.17) is 0 Å². The molecule has 0 saturated heterocycles. The summed E-state index contributed by atoms with van der Waals surface area (Å²) in [4.78, 5) is 33.7. The van der Waals surface area contributed by atoms with Gasteiger partial charge in [0.2, 0.25) is 5.91 Å². The highest BCUT2D eigenvalue weighted by Crippen LogP contribution is 2.17. The van der Waals surface area contributed by atoms with Crippen LogP contribution in [-0.2, 0) is 11.3 Å². The Kier molecular flexibility index (Phi) is 5.54. The zero-order valence-electron chi connectivity index (χ0n) is 13.0. The number of nitrogens with zero attached hydrogens (tertiary/aromatic N) is 3. The lowest BCUT2D eigenvalue weighted by atomic mass is 10.1. The number of nitrogens with one attached hydrogen (secondary N) is 2. The van der Waals surface area contributed by atoms with Crippen LogP contribution >= 0.6 is 0 Å². The van der Waals surface area contributed by atoms with Crippen LogP contribution in [0.25, 0.3) is 0 Å². The quantitative estimate of drug-likeness (QED) is 0.592. The Morgan fingerprint density at radius 1 is 1.23 bits per heavy atom. The minimum atomic E-state index is -4.57. The second-order valence-corrected chi connectivity index (χ2v) is 5.02. The first-order valence-electron chi connectivity index (χ1n) is 7.07. The van der Waals surface area contributed by atoms with Gasteiger partial charge in [0.15, 0.2) is 0 Å². The maximum atomic E-state index is 12.2. The Balaban J connectivity index is 2.05. The van der Waals surface area contributed by atoms with E-state index in [-0.39, 0.29) is 17.8 Å². The number of carbonyl (C=O) groups excluding carboxylic acids is 2. The van der Waals surface area contributed by atoms with Crippen LogP contribution in [0.15, 0.2) is 36.5 Å². The van der Waals surface area contributed by atoms with Gasteiger partial charge in [-0.15, -0.1) is 0 Å². The van der Waals surface area contributed by atoms with Gasteiger partial charge < -0.3 is 20.7 Å². The van der Waals surface area contributed by atoms with Crippen LogP contribution in [0.4, 0.5) is 24.7 Å². The van der Waals surface area contributed by atoms with E-state index in [2.05, 4.69) is 10.4 Å². The molecule has 0 aliphatic heterocycles. The van der Waals surface area contributed by atoms with Crippen molar-refractivity contribution in [1.82, 2.24) is 15.1 Å². The number of aromatic nitrogens is 2. The van der Waals surface area contributed by atoms with E-state index in [1.165, 1.54) is 30.5 Å². The van der Waals surface area contributed by atoms with Crippen molar-refractivity contribution in [3.63, 3.8) is 0 Å². The number of hydrogen-bond donors (Lipinski definition) is 2. The first-order valence-corrected chi connectivity index (χ1v) is 7.07. The number of carbonyl (C=O) groups is 2. The van der Waals surface area contributed by atoms with E-state index in [1.54, 1.807) is 5.32 Å². The molecule has 138 valence electrons. The molecule has 0 bridgehead atoms. The van der Waals surface area contributed by atoms with Gasteiger partial charge >= 0.3 is 12.0 Å². The Morgan fingerprint density at radius 2 is 1.92 bits per heavy atom. The molecule has 0 unspecified atom stereocenters. The molecule has 2 aromatic rings. The van der Waals surface area contributed by atoms with E-state index in [1.807, 2.05) is 0 Å². The maximum Gasteiger partial charge on any atom is 0.405 e. The molecule has 0 atom stereocenters. The monoisotopic (exact) mass is 371 g/mol. The number of anilines is 1. The normalized spacial score (nSPS) is 11.0. The summed E-state index contributed by atoms with van der Waals surface area (Å²) in [5.41, 5.74) is -0.157. The smallest absolute Gasteiger partial charge is 0.358 e. The summed E-state index contributed by atoms with van der Waals surface area (Å²) in [6.07, 6.45) is -3.34. The summed E-state index contributed by atoms with van der Waals surface area (Å²) in [6.45, 7) is -1.89. The van der Waals surface area contributed by atoms with E-state index in [0.717, 1.165) is 10.7 Å². The fourth-order valence-electron chi connectivity index (χ4n) is 1.94. The molecule has 0 saturated carbocycles. The fourth-order valence-corrected chi connectivity index (χ4v) is 1.94. The number of benzene rings is 1. The minimum Gasteiger partial charge on any atom is -0.358 e. The van der Waals surface area contributed by atoms with Crippen molar-refractivity contribution < 1.29 is 27.7 Å². The van der Waals surface area contributed by atoms with Crippen LogP contribution in [0.1, 0.15) is 10.4 Å². The standard InChI is InChI=1S/C14H12F3N5O4/c15-14(16,17)8-18-13(24)9-3-1-2-4-10(9)19-12(23)7-21-6-5-11(20-21)22(25)26/h1-6H,7-8H2,(H,18,24)(H,19,23). The molecule has 12 heteroatoms. The number of para-hydroxylation sites is 1. The first-order chi connectivity index (χ1) is 12.2. The van der Waals surface area contributed by atoms with Crippen molar-refractivity contribution in [2.45, 2.75) is 12.7 Å². The lowest BCUT2D eigenvalue weighted by molar-refractivity contribution is -0.389. The molecular weight excluding hydrogens is 359 g/mol. The second-order valence-electron chi connectivity index (χ2n) is 5.02. The summed E-state index contributed by atoms with van der Waals surface area (Å²) in [6, 6.07) is 6.60. The SMILES string of the molecule is O=C(Cn1ccc([N+](=O)[O-])n1)Nc1ccccc1C(=O)NCC(F)(F)F. The topological polar surface area (TPSA) is 119 Å². The Morgan fingerprint density at radius 3 is 2.54 bits per heavy atom. The summed E-state index contributed by atoms with van der Waals surface area (Å²) in [5.74, 6) is -2.11. The zero-order chi connectivity index (χ0) is 19.3. The summed E-state index contributed by atoms with van der Waals surface area (Å²) in [7, 11) is 0. The lowest BCUT2D eigenvalue weighted by Crippen LogP contribution is -2.34. The minimum absolute atomic E-state index is 0.00108. The van der Waals surface area contributed by atoms with Crippen molar-refractivity contribution >= 4 is 23.3 Å². The molecule has 1 aromatic carbocycles. The predicted octanol–water partition coefficient (Wildman–Crippen LogP) is 1.72. The molecule has 9 nitrogen and oxygen atoms in total. The molecule has 2 rings (SSSR count). The molecule has 1 aromatic heterocycles. The third-order valence-electron chi connectivity index (χ3n) is 3.01. The van der Waals surface area contributed by atoms with Gasteiger partial charge in [0.05, 0.1) is 28.6 Å². The van der Waals surface area contributed by atoms with Gasteiger partial charge in [-0.3, -0.25) is 9.59 Å². The van der Waals surface area contributed by atoms with Crippen LogP contribution < -0.4 is 10.6 Å². The van der Waals surface area contributed by atoms with Gasteiger partial charge in [-0.25, -0.2) is 0 Å². The molecule has 2 amide bonds. The van der Waals surface area contributed by atoms with Crippen LogP contribution in [0.2, 0.25) is 0 Å². The molecule has 0 spiro atoms. The lowest BCUT2D eigenvalue weighted by Gasteiger charge is -2.12. The van der Waals surface area contributed by atoms with Crippen molar-refractivity contribution in [3.8, 4) is 0 Å². The molecule has 0 aliphatic rings. The average molecular weight is 371 g/mol. The molecular formula is C14H12F3N5O4. The fraction of sp³-hybridized carbons (Fsp3) is 0.214. The first kappa shape index (κ1) is 18.9. The van der Waals surface area contributed by atoms with Crippen LogP contribution in [-0.4, -0.2) is 39.2 Å².